The Kier molecular flexibility index (Phi) is 5.59. The number of carbonyl (C=O) groups is 2. The number of ether oxygens (including phenoxy) is 1. The highest BCUT2D eigenvalue weighted by Gasteiger charge is 2.23. The Morgan fingerprint density at radius 1 is 0.938 bits per heavy atom. The number of fused-ring (bicyclic) bond motifs is 1. The van der Waals surface area contributed by atoms with Crippen molar-refractivity contribution in [3.05, 3.63) is 83.4 Å². The van der Waals surface area contributed by atoms with Gasteiger partial charge in [0.05, 0.1) is 11.1 Å². The largest absolute Gasteiger partial charge is 0.452 e. The van der Waals surface area contributed by atoms with Gasteiger partial charge >= 0.3 is 5.97 Å². The summed E-state index contributed by atoms with van der Waals surface area (Å²) in [5.41, 5.74) is 0.0442. The van der Waals surface area contributed by atoms with Gasteiger partial charge in [-0.25, -0.2) is 27.3 Å². The molecule has 0 saturated carbocycles. The molecular weight excluding hydrogens is 432 g/mol. The van der Waals surface area contributed by atoms with Crippen LogP contribution in [0.25, 0.3) is 22.6 Å². The predicted molar refractivity (Wildman–Crippen MR) is 105 cm³/mol. The van der Waals surface area contributed by atoms with Crippen LogP contribution in [0.1, 0.15) is 10.4 Å². The molecule has 3 aromatic carbocycles. The van der Waals surface area contributed by atoms with Crippen LogP contribution in [0.3, 0.4) is 0 Å². The number of esters is 1. The van der Waals surface area contributed by atoms with Crippen LogP contribution in [0, 0.1) is 23.3 Å². The lowest BCUT2D eigenvalue weighted by Crippen LogP contribution is -2.23. The molecule has 162 valence electrons. The van der Waals surface area contributed by atoms with E-state index in [1.807, 2.05) is 0 Å². The lowest BCUT2D eigenvalue weighted by atomic mass is 10.1. The van der Waals surface area contributed by atoms with Gasteiger partial charge in [-0.2, -0.15) is 0 Å². The number of halogens is 4. The van der Waals surface area contributed by atoms with E-state index in [4.69, 9.17) is 9.15 Å². The van der Waals surface area contributed by atoms with E-state index in [-0.39, 0.29) is 17.5 Å². The molecule has 1 N–H and O–H groups in total. The smallest absolute Gasteiger partial charge is 0.339 e. The molecule has 0 aliphatic heterocycles. The zero-order chi connectivity index (χ0) is 22.8. The number of para-hydroxylation sites is 2. The molecule has 0 fully saturated rings. The molecule has 0 unspecified atom stereocenters. The maximum absolute atomic E-state index is 13.7. The van der Waals surface area contributed by atoms with Gasteiger partial charge in [-0.3, -0.25) is 4.79 Å². The molecule has 1 heterocycles. The molecule has 0 atom stereocenters. The van der Waals surface area contributed by atoms with Crippen molar-refractivity contribution in [2.45, 2.75) is 0 Å². The highest BCUT2D eigenvalue weighted by Crippen LogP contribution is 2.28. The van der Waals surface area contributed by atoms with Crippen molar-refractivity contribution in [3.8, 4) is 11.5 Å². The fraction of sp³-hybridized carbons (Fsp3) is 0.0455. The summed E-state index contributed by atoms with van der Waals surface area (Å²) < 4.78 is 64.4. The molecule has 6 nitrogen and oxygen atoms in total. The Labute approximate surface area is 177 Å². The van der Waals surface area contributed by atoms with Crippen molar-refractivity contribution in [2.24, 2.45) is 0 Å². The topological polar surface area (TPSA) is 81.4 Å². The number of hydrogen-bond donors (Lipinski definition) is 1. The summed E-state index contributed by atoms with van der Waals surface area (Å²) in [6.07, 6.45) is 0. The first-order valence-electron chi connectivity index (χ1n) is 9.10. The molecule has 32 heavy (non-hydrogen) atoms. The summed E-state index contributed by atoms with van der Waals surface area (Å²) in [6.45, 7) is -0.974. The van der Waals surface area contributed by atoms with Crippen molar-refractivity contribution < 1.29 is 36.3 Å². The zero-order valence-corrected chi connectivity index (χ0v) is 16.0. The van der Waals surface area contributed by atoms with Crippen molar-refractivity contribution in [1.82, 2.24) is 4.98 Å². The highest BCUT2D eigenvalue weighted by molar-refractivity contribution is 5.99. The number of rotatable bonds is 5. The van der Waals surface area contributed by atoms with Crippen molar-refractivity contribution in [2.75, 3.05) is 11.9 Å². The molecule has 0 bridgehead atoms. The van der Waals surface area contributed by atoms with E-state index in [1.165, 1.54) is 6.07 Å². The fourth-order valence-electron chi connectivity index (χ4n) is 2.90. The molecule has 0 saturated heterocycles. The van der Waals surface area contributed by atoms with Crippen LogP contribution < -0.4 is 5.32 Å². The standard InChI is InChI=1S/C22H12F4N2O4/c23-13-9-14(24)19(26)20(18(13)25)28-17(29)10-31-22(30)12-6-2-1-5-11(12)21-27-15-7-3-4-8-16(15)32-21/h1-9H,10H2,(H,28,29). The summed E-state index contributed by atoms with van der Waals surface area (Å²) in [5.74, 6) is -8.98. The third-order valence-electron chi connectivity index (χ3n) is 4.38. The lowest BCUT2D eigenvalue weighted by molar-refractivity contribution is -0.119. The fourth-order valence-corrected chi connectivity index (χ4v) is 2.90. The maximum Gasteiger partial charge on any atom is 0.339 e. The Morgan fingerprint density at radius 3 is 2.31 bits per heavy atom. The van der Waals surface area contributed by atoms with E-state index in [2.05, 4.69) is 4.98 Å². The first-order valence-corrected chi connectivity index (χ1v) is 9.10. The van der Waals surface area contributed by atoms with E-state index < -0.39 is 47.4 Å². The Balaban J connectivity index is 1.50. The minimum Gasteiger partial charge on any atom is -0.452 e. The molecule has 4 rings (SSSR count). The van der Waals surface area contributed by atoms with E-state index in [0.29, 0.717) is 16.7 Å². The molecule has 1 amide bonds. The summed E-state index contributed by atoms with van der Waals surface area (Å²) in [7, 11) is 0. The monoisotopic (exact) mass is 444 g/mol. The molecule has 0 aliphatic carbocycles. The Hall–Kier alpha value is -4.21. The van der Waals surface area contributed by atoms with Gasteiger partial charge in [0, 0.05) is 6.07 Å². The number of amides is 1. The van der Waals surface area contributed by atoms with E-state index in [9.17, 15) is 27.2 Å². The number of aromatic nitrogens is 1. The number of hydrogen-bond acceptors (Lipinski definition) is 5. The second-order valence-electron chi connectivity index (χ2n) is 6.50. The molecule has 0 aliphatic rings. The van der Waals surface area contributed by atoms with Crippen LogP contribution in [0.2, 0.25) is 0 Å². The van der Waals surface area contributed by atoms with Gasteiger partial charge in [0.2, 0.25) is 5.89 Å². The third kappa shape index (κ3) is 4.02. The number of carbonyl (C=O) groups excluding carboxylic acids is 2. The number of anilines is 1. The van der Waals surface area contributed by atoms with Gasteiger partial charge in [-0.1, -0.05) is 24.3 Å². The summed E-state index contributed by atoms with van der Waals surface area (Å²) in [4.78, 5) is 28.8. The molecule has 1 aromatic heterocycles. The minimum absolute atomic E-state index is 0.00335. The number of benzene rings is 3. The normalized spacial score (nSPS) is 10.9. The highest BCUT2D eigenvalue weighted by atomic mass is 19.2. The third-order valence-corrected chi connectivity index (χ3v) is 4.38. The number of nitrogens with one attached hydrogen (secondary N) is 1. The molecular formula is C22H12F4N2O4. The van der Waals surface area contributed by atoms with Gasteiger partial charge in [0.1, 0.15) is 11.2 Å². The summed E-state index contributed by atoms with van der Waals surface area (Å²) in [6, 6.07) is 13.1. The lowest BCUT2D eigenvalue weighted by Gasteiger charge is -2.10. The first-order chi connectivity index (χ1) is 15.3. The first kappa shape index (κ1) is 21.0. The van der Waals surface area contributed by atoms with E-state index in [1.54, 1.807) is 47.8 Å². The summed E-state index contributed by atoms with van der Waals surface area (Å²) in [5, 5.41) is 1.65. The predicted octanol–water partition coefficient (Wildman–Crippen LogP) is 4.85. The second kappa shape index (κ2) is 8.50. The summed E-state index contributed by atoms with van der Waals surface area (Å²) >= 11 is 0. The van der Waals surface area contributed by atoms with Crippen molar-refractivity contribution in [3.63, 3.8) is 0 Å². The molecule has 4 aromatic rings. The SMILES string of the molecule is O=C(COC(=O)c1ccccc1-c1nc2ccccc2o1)Nc1c(F)c(F)cc(F)c1F. The maximum atomic E-state index is 13.7. The molecule has 0 radical (unpaired) electrons. The number of oxazole rings is 1. The van der Waals surface area contributed by atoms with Gasteiger partial charge in [0.15, 0.2) is 35.5 Å². The molecule has 0 spiro atoms. The van der Waals surface area contributed by atoms with Gasteiger partial charge in [0.25, 0.3) is 5.91 Å². The quantitative estimate of drug-likeness (QED) is 0.271. The second-order valence-corrected chi connectivity index (χ2v) is 6.50. The van der Waals surface area contributed by atoms with Crippen LogP contribution in [0.15, 0.2) is 59.0 Å². The van der Waals surface area contributed by atoms with Crippen LogP contribution >= 0.6 is 0 Å². The minimum atomic E-state index is -1.79. The van der Waals surface area contributed by atoms with Crippen LogP contribution in [0.5, 0.6) is 0 Å². The van der Waals surface area contributed by atoms with Crippen LogP contribution in [-0.2, 0) is 9.53 Å². The van der Waals surface area contributed by atoms with E-state index >= 15 is 0 Å². The van der Waals surface area contributed by atoms with Crippen LogP contribution in [0.4, 0.5) is 23.2 Å². The van der Waals surface area contributed by atoms with Gasteiger partial charge in [-0.15, -0.1) is 0 Å². The average Bonchev–Trinajstić information content (AvgIpc) is 3.23. The van der Waals surface area contributed by atoms with Crippen molar-refractivity contribution >= 4 is 28.7 Å². The van der Waals surface area contributed by atoms with E-state index in [0.717, 1.165) is 0 Å². The van der Waals surface area contributed by atoms with Gasteiger partial charge < -0.3 is 14.5 Å². The Morgan fingerprint density at radius 2 is 1.59 bits per heavy atom. The Bertz CT molecular complexity index is 1290. The van der Waals surface area contributed by atoms with Crippen molar-refractivity contribution in [1.29, 1.82) is 0 Å². The molecule has 10 heteroatoms. The average molecular weight is 444 g/mol. The zero-order valence-electron chi connectivity index (χ0n) is 16.0. The van der Waals surface area contributed by atoms with Gasteiger partial charge in [-0.05, 0) is 24.3 Å². The van der Waals surface area contributed by atoms with Crippen LogP contribution in [-0.4, -0.2) is 23.5 Å². The number of nitrogens with zero attached hydrogens (tertiary/aromatic N) is 1.